The molecular formula is C8H10BrNOS. The van der Waals surface area contributed by atoms with Crippen molar-refractivity contribution in [2.24, 2.45) is 0 Å². The van der Waals surface area contributed by atoms with E-state index in [0.29, 0.717) is 0 Å². The minimum atomic E-state index is -1.00. The Hall–Kier alpha value is -0.350. The first-order chi connectivity index (χ1) is 5.59. The van der Waals surface area contributed by atoms with Crippen molar-refractivity contribution in [2.45, 2.75) is 6.92 Å². The zero-order chi connectivity index (χ0) is 9.14. The van der Waals surface area contributed by atoms with Gasteiger partial charge in [0.15, 0.2) is 0 Å². The molecule has 66 valence electrons. The number of benzene rings is 1. The molecule has 4 heteroatoms. The molecule has 1 rings (SSSR count). The lowest BCUT2D eigenvalue weighted by molar-refractivity contribution is 0.690. The van der Waals surface area contributed by atoms with E-state index in [9.17, 15) is 4.21 Å². The first-order valence-corrected chi connectivity index (χ1v) is 5.81. The second kappa shape index (κ2) is 4.05. The molecule has 0 amide bonds. The van der Waals surface area contributed by atoms with Gasteiger partial charge in [-0.2, -0.15) is 0 Å². The number of hydrogen-bond donors (Lipinski definition) is 1. The summed E-state index contributed by atoms with van der Waals surface area (Å²) in [6, 6.07) is 5.79. The molecular weight excluding hydrogens is 238 g/mol. The van der Waals surface area contributed by atoms with Crippen LogP contribution in [0.2, 0.25) is 0 Å². The van der Waals surface area contributed by atoms with Gasteiger partial charge in [-0.05, 0) is 24.6 Å². The standard InChI is InChI=1S/C8H10BrNOS/c1-6-3-4-7(5-8(6)9)10-12(2)11/h3-5,10H,1-2H3. The van der Waals surface area contributed by atoms with Gasteiger partial charge in [-0.25, -0.2) is 4.21 Å². The summed E-state index contributed by atoms with van der Waals surface area (Å²) in [6.07, 6.45) is 1.60. The maximum atomic E-state index is 10.8. The third-order valence-electron chi connectivity index (χ3n) is 1.43. The monoisotopic (exact) mass is 247 g/mol. The highest BCUT2D eigenvalue weighted by molar-refractivity contribution is 9.10. The first kappa shape index (κ1) is 9.74. The quantitative estimate of drug-likeness (QED) is 0.855. The lowest BCUT2D eigenvalue weighted by Gasteiger charge is -2.03. The predicted octanol–water partition coefficient (Wildman–Crippen LogP) is 2.46. The Balaban J connectivity index is 2.89. The van der Waals surface area contributed by atoms with E-state index in [1.165, 1.54) is 5.56 Å². The topological polar surface area (TPSA) is 29.1 Å². The van der Waals surface area contributed by atoms with E-state index >= 15 is 0 Å². The highest BCUT2D eigenvalue weighted by Crippen LogP contribution is 2.20. The van der Waals surface area contributed by atoms with Crippen LogP contribution in [0.5, 0.6) is 0 Å². The van der Waals surface area contributed by atoms with Crippen LogP contribution < -0.4 is 4.72 Å². The largest absolute Gasteiger partial charge is 0.305 e. The molecule has 0 radical (unpaired) electrons. The molecule has 0 bridgehead atoms. The minimum Gasteiger partial charge on any atom is -0.305 e. The van der Waals surface area contributed by atoms with Crippen molar-refractivity contribution in [1.82, 2.24) is 0 Å². The Labute approximate surface area is 83.1 Å². The summed E-state index contributed by atoms with van der Waals surface area (Å²) < 4.78 is 14.6. The van der Waals surface area contributed by atoms with E-state index in [2.05, 4.69) is 20.7 Å². The van der Waals surface area contributed by atoms with Gasteiger partial charge in [0.25, 0.3) is 0 Å². The Bertz CT molecular complexity index is 314. The molecule has 0 saturated heterocycles. The van der Waals surface area contributed by atoms with Crippen LogP contribution in [0.1, 0.15) is 5.56 Å². The van der Waals surface area contributed by atoms with Crippen LogP contribution in [0.4, 0.5) is 5.69 Å². The molecule has 0 fully saturated rings. The van der Waals surface area contributed by atoms with Crippen LogP contribution in [-0.4, -0.2) is 10.5 Å². The Morgan fingerprint density at radius 2 is 2.17 bits per heavy atom. The summed E-state index contributed by atoms with van der Waals surface area (Å²) in [6.45, 7) is 2.01. The summed E-state index contributed by atoms with van der Waals surface area (Å²) >= 11 is 3.40. The molecule has 1 atom stereocenters. The summed E-state index contributed by atoms with van der Waals surface area (Å²) in [4.78, 5) is 0. The van der Waals surface area contributed by atoms with Crippen molar-refractivity contribution in [1.29, 1.82) is 0 Å². The van der Waals surface area contributed by atoms with E-state index in [1.54, 1.807) is 6.26 Å². The zero-order valence-corrected chi connectivity index (χ0v) is 9.33. The zero-order valence-electron chi connectivity index (χ0n) is 6.93. The summed E-state index contributed by atoms with van der Waals surface area (Å²) in [5.41, 5.74) is 2.04. The van der Waals surface area contributed by atoms with Crippen molar-refractivity contribution >= 4 is 32.6 Å². The van der Waals surface area contributed by atoms with Gasteiger partial charge in [-0.15, -0.1) is 0 Å². The highest BCUT2D eigenvalue weighted by Gasteiger charge is 1.97. The van der Waals surface area contributed by atoms with Gasteiger partial charge >= 0.3 is 0 Å². The summed E-state index contributed by atoms with van der Waals surface area (Å²) in [5.74, 6) is 0. The highest BCUT2D eigenvalue weighted by atomic mass is 79.9. The molecule has 0 aliphatic heterocycles. The fourth-order valence-corrected chi connectivity index (χ4v) is 1.66. The fraction of sp³-hybridized carbons (Fsp3) is 0.250. The molecule has 1 unspecified atom stereocenters. The molecule has 12 heavy (non-hydrogen) atoms. The molecule has 0 spiro atoms. The van der Waals surface area contributed by atoms with Gasteiger partial charge in [-0.1, -0.05) is 22.0 Å². The number of anilines is 1. The van der Waals surface area contributed by atoms with E-state index in [0.717, 1.165) is 10.2 Å². The third-order valence-corrected chi connectivity index (χ3v) is 2.81. The van der Waals surface area contributed by atoms with E-state index in [-0.39, 0.29) is 0 Å². The second-order valence-corrected chi connectivity index (χ2v) is 4.49. The van der Waals surface area contributed by atoms with Crippen LogP contribution in [0, 0.1) is 6.92 Å². The molecule has 0 aliphatic carbocycles. The maximum absolute atomic E-state index is 10.8. The lowest BCUT2D eigenvalue weighted by Crippen LogP contribution is -2.00. The molecule has 1 aromatic carbocycles. The average molecular weight is 248 g/mol. The molecule has 1 aromatic rings. The number of halogens is 1. The van der Waals surface area contributed by atoms with Crippen LogP contribution in [0.25, 0.3) is 0 Å². The van der Waals surface area contributed by atoms with Gasteiger partial charge in [0.05, 0.1) is 0 Å². The predicted molar refractivity (Wildman–Crippen MR) is 56.6 cm³/mol. The van der Waals surface area contributed by atoms with Gasteiger partial charge < -0.3 is 4.72 Å². The van der Waals surface area contributed by atoms with Crippen molar-refractivity contribution in [3.05, 3.63) is 28.2 Å². The van der Waals surface area contributed by atoms with Crippen LogP contribution in [-0.2, 0) is 11.0 Å². The van der Waals surface area contributed by atoms with Crippen LogP contribution >= 0.6 is 15.9 Å². The van der Waals surface area contributed by atoms with Gasteiger partial charge in [0.2, 0.25) is 0 Å². The normalized spacial score (nSPS) is 12.6. The number of nitrogens with one attached hydrogen (secondary N) is 1. The summed E-state index contributed by atoms with van der Waals surface area (Å²) in [5, 5.41) is 0. The van der Waals surface area contributed by atoms with Crippen molar-refractivity contribution in [3.8, 4) is 0 Å². The number of aryl methyl sites for hydroxylation is 1. The van der Waals surface area contributed by atoms with Crippen molar-refractivity contribution in [3.63, 3.8) is 0 Å². The Morgan fingerprint density at radius 1 is 1.50 bits per heavy atom. The Kier molecular flexibility index (Phi) is 3.29. The summed E-state index contributed by atoms with van der Waals surface area (Å²) in [7, 11) is -1.00. The molecule has 0 saturated carbocycles. The minimum absolute atomic E-state index is 0.869. The SMILES string of the molecule is Cc1ccc(NS(C)=O)cc1Br. The van der Waals surface area contributed by atoms with Crippen LogP contribution in [0.15, 0.2) is 22.7 Å². The van der Waals surface area contributed by atoms with Gasteiger partial charge in [-0.3, -0.25) is 0 Å². The number of hydrogen-bond acceptors (Lipinski definition) is 1. The molecule has 1 N–H and O–H groups in total. The van der Waals surface area contributed by atoms with Crippen molar-refractivity contribution in [2.75, 3.05) is 11.0 Å². The molecule has 0 aromatic heterocycles. The molecule has 0 heterocycles. The molecule has 2 nitrogen and oxygen atoms in total. The van der Waals surface area contributed by atoms with Crippen molar-refractivity contribution < 1.29 is 4.21 Å². The fourth-order valence-electron chi connectivity index (χ4n) is 0.822. The second-order valence-electron chi connectivity index (χ2n) is 2.52. The molecule has 0 aliphatic rings. The third kappa shape index (κ3) is 2.60. The maximum Gasteiger partial charge on any atom is 0.113 e. The smallest absolute Gasteiger partial charge is 0.113 e. The van der Waals surface area contributed by atoms with Gasteiger partial charge in [0.1, 0.15) is 11.0 Å². The Morgan fingerprint density at radius 3 is 2.67 bits per heavy atom. The first-order valence-electron chi connectivity index (χ1n) is 3.46. The lowest BCUT2D eigenvalue weighted by atomic mass is 10.2. The van der Waals surface area contributed by atoms with Crippen LogP contribution in [0.3, 0.4) is 0 Å². The van der Waals surface area contributed by atoms with E-state index in [1.807, 2.05) is 25.1 Å². The van der Waals surface area contributed by atoms with E-state index < -0.39 is 11.0 Å². The number of rotatable bonds is 2. The average Bonchev–Trinajstić information content (AvgIpc) is 1.96. The van der Waals surface area contributed by atoms with E-state index in [4.69, 9.17) is 0 Å². The van der Waals surface area contributed by atoms with Gasteiger partial charge in [0, 0.05) is 16.4 Å².